The Morgan fingerprint density at radius 2 is 1.84 bits per heavy atom. The van der Waals surface area contributed by atoms with Crippen LogP contribution in [-0.4, -0.2) is 74.6 Å². The highest BCUT2D eigenvalue weighted by Gasteiger charge is 2.25. The van der Waals surface area contributed by atoms with Gasteiger partial charge in [0, 0.05) is 38.8 Å². The molecule has 0 aromatic heterocycles. The van der Waals surface area contributed by atoms with Gasteiger partial charge in [-0.3, -0.25) is 9.69 Å². The Balaban J connectivity index is 2.38. The minimum atomic E-state index is 0.0987. The van der Waals surface area contributed by atoms with Gasteiger partial charge in [0.25, 0.3) is 0 Å². The molecule has 1 rings (SSSR count). The number of amides is 1. The quantitative estimate of drug-likeness (QED) is 0.683. The fourth-order valence-electron chi connectivity index (χ4n) is 2.46. The molecule has 19 heavy (non-hydrogen) atoms. The van der Waals surface area contributed by atoms with E-state index in [9.17, 15) is 4.79 Å². The van der Waals surface area contributed by atoms with Crippen LogP contribution in [0.25, 0.3) is 0 Å². The van der Waals surface area contributed by atoms with Crippen LogP contribution < -0.4 is 10.6 Å². The van der Waals surface area contributed by atoms with Crippen LogP contribution in [0, 0.1) is 5.92 Å². The summed E-state index contributed by atoms with van der Waals surface area (Å²) in [6.45, 7) is 12.9. The van der Waals surface area contributed by atoms with Crippen LogP contribution in [0.3, 0.4) is 0 Å². The lowest BCUT2D eigenvalue weighted by Crippen LogP contribution is -2.54. The Morgan fingerprint density at radius 3 is 2.37 bits per heavy atom. The fraction of sp³-hybridized carbons (Fsp3) is 0.929. The van der Waals surface area contributed by atoms with Gasteiger partial charge in [-0.05, 0) is 19.5 Å². The second-order valence-electron chi connectivity index (χ2n) is 5.74. The Kier molecular flexibility index (Phi) is 7.34. The summed E-state index contributed by atoms with van der Waals surface area (Å²) in [6, 6.07) is 0.444. The topological polar surface area (TPSA) is 47.6 Å². The smallest absolute Gasteiger partial charge is 0.234 e. The van der Waals surface area contributed by atoms with Crippen molar-refractivity contribution < 1.29 is 4.79 Å². The van der Waals surface area contributed by atoms with Crippen LogP contribution in [0.4, 0.5) is 0 Å². The fourth-order valence-corrected chi connectivity index (χ4v) is 2.46. The number of carbonyl (C=O) groups excluding carboxylic acids is 1. The van der Waals surface area contributed by atoms with Crippen LogP contribution >= 0.6 is 0 Å². The Morgan fingerprint density at radius 1 is 1.21 bits per heavy atom. The lowest BCUT2D eigenvalue weighted by molar-refractivity contribution is -0.120. The molecule has 1 fully saturated rings. The predicted molar refractivity (Wildman–Crippen MR) is 79.2 cm³/mol. The molecule has 0 aliphatic carbocycles. The number of carbonyl (C=O) groups is 1. The Bertz CT molecular complexity index is 262. The lowest BCUT2D eigenvalue weighted by atomic mass is 10.0. The number of likely N-dealkylation sites (N-methyl/N-ethyl adjacent to an activating group) is 2. The Hall–Kier alpha value is -0.650. The second-order valence-corrected chi connectivity index (χ2v) is 5.74. The third-order valence-corrected chi connectivity index (χ3v) is 3.82. The summed E-state index contributed by atoms with van der Waals surface area (Å²) in [4.78, 5) is 16.5. The summed E-state index contributed by atoms with van der Waals surface area (Å²) in [6.07, 6.45) is 0. The number of nitrogens with zero attached hydrogens (tertiary/aromatic N) is 2. The molecule has 1 aliphatic rings. The van der Waals surface area contributed by atoms with Gasteiger partial charge in [0.1, 0.15) is 0 Å². The monoisotopic (exact) mass is 270 g/mol. The maximum atomic E-state index is 11.7. The minimum Gasteiger partial charge on any atom is -0.353 e. The SMILES string of the molecule is CCNCC(=O)NCC(C(C)C)N1CCN(C)CC1. The zero-order chi connectivity index (χ0) is 14.3. The van der Waals surface area contributed by atoms with Gasteiger partial charge in [-0.2, -0.15) is 0 Å². The van der Waals surface area contributed by atoms with E-state index in [1.165, 1.54) is 0 Å². The molecule has 1 aliphatic heterocycles. The molecule has 1 unspecified atom stereocenters. The van der Waals surface area contributed by atoms with Crippen molar-refractivity contribution in [2.24, 2.45) is 5.92 Å². The first-order chi connectivity index (χ1) is 9.04. The molecule has 112 valence electrons. The highest BCUT2D eigenvalue weighted by molar-refractivity contribution is 5.77. The second kappa shape index (κ2) is 8.51. The molecule has 0 aromatic carbocycles. The van der Waals surface area contributed by atoms with Gasteiger partial charge < -0.3 is 15.5 Å². The van der Waals surface area contributed by atoms with Gasteiger partial charge >= 0.3 is 0 Å². The number of hydrogen-bond donors (Lipinski definition) is 2. The van der Waals surface area contributed by atoms with Gasteiger partial charge in [-0.25, -0.2) is 0 Å². The molecule has 0 aromatic rings. The van der Waals surface area contributed by atoms with E-state index in [2.05, 4.69) is 41.3 Å². The van der Waals surface area contributed by atoms with Gasteiger partial charge in [0.05, 0.1) is 6.54 Å². The maximum Gasteiger partial charge on any atom is 0.234 e. The van der Waals surface area contributed by atoms with Crippen molar-refractivity contribution in [3.63, 3.8) is 0 Å². The summed E-state index contributed by atoms with van der Waals surface area (Å²) in [5, 5.41) is 6.10. The first-order valence-electron chi connectivity index (χ1n) is 7.44. The molecule has 0 spiro atoms. The van der Waals surface area contributed by atoms with E-state index in [-0.39, 0.29) is 5.91 Å². The van der Waals surface area contributed by atoms with Crippen molar-refractivity contribution in [1.82, 2.24) is 20.4 Å². The number of piperazine rings is 1. The summed E-state index contributed by atoms with van der Waals surface area (Å²) >= 11 is 0. The average molecular weight is 270 g/mol. The van der Waals surface area contributed by atoms with Gasteiger partial charge in [0.2, 0.25) is 5.91 Å². The summed E-state index contributed by atoms with van der Waals surface area (Å²) in [5.41, 5.74) is 0. The van der Waals surface area contributed by atoms with E-state index in [1.807, 2.05) is 6.92 Å². The molecule has 1 heterocycles. The summed E-state index contributed by atoms with van der Waals surface area (Å²) < 4.78 is 0. The van der Waals surface area contributed by atoms with Crippen LogP contribution in [0.15, 0.2) is 0 Å². The highest BCUT2D eigenvalue weighted by atomic mass is 16.1. The molecular formula is C14H30N4O. The van der Waals surface area contributed by atoms with Crippen LogP contribution in [0.5, 0.6) is 0 Å². The van der Waals surface area contributed by atoms with E-state index in [1.54, 1.807) is 0 Å². The summed E-state index contributed by atoms with van der Waals surface area (Å²) in [7, 11) is 2.17. The molecule has 5 heteroatoms. The third kappa shape index (κ3) is 5.89. The molecular weight excluding hydrogens is 240 g/mol. The van der Waals surface area contributed by atoms with Crippen molar-refractivity contribution in [2.45, 2.75) is 26.8 Å². The van der Waals surface area contributed by atoms with Crippen molar-refractivity contribution in [1.29, 1.82) is 0 Å². The number of rotatable bonds is 7. The molecule has 0 bridgehead atoms. The van der Waals surface area contributed by atoms with E-state index >= 15 is 0 Å². The molecule has 2 N–H and O–H groups in total. The average Bonchev–Trinajstić information content (AvgIpc) is 2.38. The maximum absolute atomic E-state index is 11.7. The lowest BCUT2D eigenvalue weighted by Gasteiger charge is -2.39. The molecule has 1 amide bonds. The molecule has 1 atom stereocenters. The van der Waals surface area contributed by atoms with Gasteiger partial charge in [0.15, 0.2) is 0 Å². The van der Waals surface area contributed by atoms with E-state index < -0.39 is 0 Å². The van der Waals surface area contributed by atoms with Gasteiger partial charge in [-0.15, -0.1) is 0 Å². The largest absolute Gasteiger partial charge is 0.353 e. The standard InChI is InChI=1S/C14H30N4O/c1-5-15-11-14(19)16-10-13(12(2)3)18-8-6-17(4)7-9-18/h12-13,15H,5-11H2,1-4H3,(H,16,19). The molecule has 5 nitrogen and oxygen atoms in total. The molecule has 1 saturated heterocycles. The predicted octanol–water partition coefficient (Wildman–Crippen LogP) is -0.0159. The van der Waals surface area contributed by atoms with Gasteiger partial charge in [-0.1, -0.05) is 20.8 Å². The van der Waals surface area contributed by atoms with Crippen LogP contribution in [0.1, 0.15) is 20.8 Å². The molecule has 0 saturated carbocycles. The zero-order valence-electron chi connectivity index (χ0n) is 12.9. The van der Waals surface area contributed by atoms with Crippen molar-refractivity contribution in [2.75, 3.05) is 52.9 Å². The first kappa shape index (κ1) is 16.4. The van der Waals surface area contributed by atoms with Crippen LogP contribution in [0.2, 0.25) is 0 Å². The van der Waals surface area contributed by atoms with E-state index in [4.69, 9.17) is 0 Å². The van der Waals surface area contributed by atoms with E-state index in [0.717, 1.165) is 39.3 Å². The summed E-state index contributed by atoms with van der Waals surface area (Å²) in [5.74, 6) is 0.657. The zero-order valence-corrected chi connectivity index (χ0v) is 12.9. The highest BCUT2D eigenvalue weighted by Crippen LogP contribution is 2.12. The number of nitrogens with one attached hydrogen (secondary N) is 2. The first-order valence-corrected chi connectivity index (χ1v) is 7.44. The van der Waals surface area contributed by atoms with E-state index in [0.29, 0.717) is 18.5 Å². The Labute approximate surface area is 117 Å². The molecule has 0 radical (unpaired) electrons. The number of hydrogen-bond acceptors (Lipinski definition) is 4. The third-order valence-electron chi connectivity index (χ3n) is 3.82. The van der Waals surface area contributed by atoms with Crippen molar-refractivity contribution in [3.05, 3.63) is 0 Å². The normalized spacial score (nSPS) is 19.6. The van der Waals surface area contributed by atoms with Crippen molar-refractivity contribution >= 4 is 5.91 Å². The minimum absolute atomic E-state index is 0.0987. The van der Waals surface area contributed by atoms with Crippen molar-refractivity contribution in [3.8, 4) is 0 Å². The van der Waals surface area contributed by atoms with Crippen LogP contribution in [-0.2, 0) is 4.79 Å².